The van der Waals surface area contributed by atoms with E-state index in [1.54, 1.807) is 0 Å². The zero-order valence-corrected chi connectivity index (χ0v) is 12.3. The third-order valence-corrected chi connectivity index (χ3v) is 4.22. The number of carbonyl (C=O) groups is 2. The fourth-order valence-electron chi connectivity index (χ4n) is 2.57. The molecule has 2 N–H and O–H groups in total. The Hall–Kier alpha value is -2.17. The Kier molecular flexibility index (Phi) is 3.27. The van der Waals surface area contributed by atoms with Crippen molar-refractivity contribution in [1.29, 1.82) is 0 Å². The molecule has 2 aliphatic rings. The predicted molar refractivity (Wildman–Crippen MR) is 80.9 cm³/mol. The zero-order chi connectivity index (χ0) is 15.0. The molecule has 1 unspecified atom stereocenters. The van der Waals surface area contributed by atoms with Gasteiger partial charge in [-0.15, -0.1) is 0 Å². The summed E-state index contributed by atoms with van der Waals surface area (Å²) in [6.45, 7) is 4.21. The molecule has 5 heteroatoms. The van der Waals surface area contributed by atoms with E-state index in [0.717, 1.165) is 23.4 Å². The van der Waals surface area contributed by atoms with Crippen LogP contribution in [0.25, 0.3) is 0 Å². The number of rotatable bonds is 3. The molecule has 0 spiro atoms. The molecule has 2 amide bonds. The van der Waals surface area contributed by atoms with Crippen LogP contribution in [0.3, 0.4) is 0 Å². The molecule has 1 aliphatic heterocycles. The van der Waals surface area contributed by atoms with E-state index in [0.29, 0.717) is 12.8 Å². The van der Waals surface area contributed by atoms with E-state index < -0.39 is 0 Å². The summed E-state index contributed by atoms with van der Waals surface area (Å²) >= 11 is 0. The molecule has 1 saturated carbocycles. The molecular formula is C16H19N3O2. The second kappa shape index (κ2) is 4.98. The maximum Gasteiger partial charge on any atom is 0.240 e. The highest BCUT2D eigenvalue weighted by Crippen LogP contribution is 2.51. The first-order valence-electron chi connectivity index (χ1n) is 7.22. The fourth-order valence-corrected chi connectivity index (χ4v) is 2.57. The average Bonchev–Trinajstić information content (AvgIpc) is 3.10. The quantitative estimate of drug-likeness (QED) is 0.894. The Labute approximate surface area is 123 Å². The van der Waals surface area contributed by atoms with Crippen LogP contribution < -0.4 is 10.7 Å². The summed E-state index contributed by atoms with van der Waals surface area (Å²) in [6, 6.07) is 7.59. The highest BCUT2D eigenvalue weighted by atomic mass is 16.2. The van der Waals surface area contributed by atoms with Crippen molar-refractivity contribution in [2.24, 2.45) is 16.4 Å². The van der Waals surface area contributed by atoms with Crippen molar-refractivity contribution in [1.82, 2.24) is 5.43 Å². The maximum atomic E-state index is 12.0. The van der Waals surface area contributed by atoms with Gasteiger partial charge in [0.2, 0.25) is 11.8 Å². The van der Waals surface area contributed by atoms with Gasteiger partial charge in [-0.1, -0.05) is 26.0 Å². The molecule has 1 heterocycles. The smallest absolute Gasteiger partial charge is 0.240 e. The number of nitrogens with zero attached hydrogens (tertiary/aromatic N) is 1. The van der Waals surface area contributed by atoms with Gasteiger partial charge in [0.05, 0.1) is 5.71 Å². The van der Waals surface area contributed by atoms with Gasteiger partial charge in [0.15, 0.2) is 0 Å². The molecule has 0 saturated heterocycles. The van der Waals surface area contributed by atoms with Gasteiger partial charge in [-0.05, 0) is 29.5 Å². The van der Waals surface area contributed by atoms with E-state index in [1.807, 2.05) is 24.3 Å². The molecule has 1 aromatic rings. The van der Waals surface area contributed by atoms with Crippen LogP contribution in [-0.2, 0) is 9.59 Å². The first kappa shape index (κ1) is 13.8. The Morgan fingerprint density at radius 3 is 2.48 bits per heavy atom. The Morgan fingerprint density at radius 1 is 1.29 bits per heavy atom. The van der Waals surface area contributed by atoms with Gasteiger partial charge in [0.25, 0.3) is 0 Å². The second-order valence-electron chi connectivity index (χ2n) is 6.41. The molecule has 0 radical (unpaired) electrons. The standard InChI is InChI=1S/C16H19N3O2/c1-16(2)9-12(16)15(21)17-11-5-3-10(4-6-11)13-7-8-14(20)19-18-13/h3-6,12H,7-9H2,1-2H3,(H,17,21)(H,19,20). The fraction of sp³-hybridized carbons (Fsp3) is 0.438. The molecule has 0 aromatic heterocycles. The van der Waals surface area contributed by atoms with Crippen LogP contribution in [0.15, 0.2) is 29.4 Å². The Morgan fingerprint density at radius 2 is 1.95 bits per heavy atom. The summed E-state index contributed by atoms with van der Waals surface area (Å²) in [5.41, 5.74) is 5.27. The lowest BCUT2D eigenvalue weighted by molar-refractivity contribution is -0.121. The minimum Gasteiger partial charge on any atom is -0.326 e. The lowest BCUT2D eigenvalue weighted by atomic mass is 10.0. The van der Waals surface area contributed by atoms with Crippen LogP contribution in [0.1, 0.15) is 38.7 Å². The van der Waals surface area contributed by atoms with Crippen molar-refractivity contribution in [3.05, 3.63) is 29.8 Å². The molecule has 1 aromatic carbocycles. The SMILES string of the molecule is CC1(C)CC1C(=O)Nc1ccc(C2=NNC(=O)CC2)cc1. The van der Waals surface area contributed by atoms with Crippen LogP contribution in [0, 0.1) is 11.3 Å². The summed E-state index contributed by atoms with van der Waals surface area (Å²) in [5.74, 6) is 0.166. The highest BCUT2D eigenvalue weighted by Gasteiger charge is 2.50. The monoisotopic (exact) mass is 285 g/mol. The largest absolute Gasteiger partial charge is 0.326 e. The van der Waals surface area contributed by atoms with E-state index >= 15 is 0 Å². The number of anilines is 1. The maximum absolute atomic E-state index is 12.0. The molecule has 3 rings (SSSR count). The van der Waals surface area contributed by atoms with E-state index in [-0.39, 0.29) is 23.1 Å². The molecule has 1 atom stereocenters. The van der Waals surface area contributed by atoms with Gasteiger partial charge in [-0.25, -0.2) is 5.43 Å². The normalized spacial score (nSPS) is 23.0. The summed E-state index contributed by atoms with van der Waals surface area (Å²) in [7, 11) is 0. The van der Waals surface area contributed by atoms with Crippen molar-refractivity contribution < 1.29 is 9.59 Å². The highest BCUT2D eigenvalue weighted by molar-refractivity contribution is 6.04. The second-order valence-corrected chi connectivity index (χ2v) is 6.41. The Balaban J connectivity index is 1.65. The summed E-state index contributed by atoms with van der Waals surface area (Å²) in [6.07, 6.45) is 2.06. The van der Waals surface area contributed by atoms with Crippen LogP contribution in [0.4, 0.5) is 5.69 Å². The molecule has 21 heavy (non-hydrogen) atoms. The zero-order valence-electron chi connectivity index (χ0n) is 12.3. The average molecular weight is 285 g/mol. The third-order valence-electron chi connectivity index (χ3n) is 4.22. The molecule has 1 aliphatic carbocycles. The van der Waals surface area contributed by atoms with E-state index in [2.05, 4.69) is 29.7 Å². The van der Waals surface area contributed by atoms with Crippen molar-refractivity contribution in [2.75, 3.05) is 5.32 Å². The van der Waals surface area contributed by atoms with Crippen LogP contribution in [0.5, 0.6) is 0 Å². The molecular weight excluding hydrogens is 266 g/mol. The van der Waals surface area contributed by atoms with Crippen LogP contribution >= 0.6 is 0 Å². The van der Waals surface area contributed by atoms with E-state index in [1.165, 1.54) is 0 Å². The predicted octanol–water partition coefficient (Wildman–Crippen LogP) is 2.29. The van der Waals surface area contributed by atoms with Crippen molar-refractivity contribution in [2.45, 2.75) is 33.1 Å². The number of hydrogen-bond acceptors (Lipinski definition) is 3. The minimum atomic E-state index is -0.0466. The van der Waals surface area contributed by atoms with Gasteiger partial charge >= 0.3 is 0 Å². The number of benzene rings is 1. The van der Waals surface area contributed by atoms with E-state index in [4.69, 9.17) is 0 Å². The van der Waals surface area contributed by atoms with Gasteiger partial charge < -0.3 is 5.32 Å². The van der Waals surface area contributed by atoms with Crippen LogP contribution in [-0.4, -0.2) is 17.5 Å². The Bertz CT molecular complexity index is 617. The first-order valence-corrected chi connectivity index (χ1v) is 7.22. The topological polar surface area (TPSA) is 70.6 Å². The lowest BCUT2D eigenvalue weighted by Crippen LogP contribution is -2.25. The first-order chi connectivity index (χ1) is 9.95. The van der Waals surface area contributed by atoms with Gasteiger partial charge in [-0.2, -0.15) is 5.10 Å². The van der Waals surface area contributed by atoms with E-state index in [9.17, 15) is 9.59 Å². The number of carbonyl (C=O) groups excluding carboxylic acids is 2. The van der Waals surface area contributed by atoms with Gasteiger partial charge in [-0.3, -0.25) is 9.59 Å². The summed E-state index contributed by atoms with van der Waals surface area (Å²) in [5, 5.41) is 7.01. The number of nitrogens with one attached hydrogen (secondary N) is 2. The molecule has 110 valence electrons. The summed E-state index contributed by atoms with van der Waals surface area (Å²) in [4.78, 5) is 23.1. The van der Waals surface area contributed by atoms with Crippen molar-refractivity contribution >= 4 is 23.2 Å². The van der Waals surface area contributed by atoms with Crippen LogP contribution in [0.2, 0.25) is 0 Å². The summed E-state index contributed by atoms with van der Waals surface area (Å²) < 4.78 is 0. The molecule has 5 nitrogen and oxygen atoms in total. The van der Waals surface area contributed by atoms with Crippen molar-refractivity contribution in [3.8, 4) is 0 Å². The lowest BCUT2D eigenvalue weighted by Gasteiger charge is -2.12. The van der Waals surface area contributed by atoms with Crippen molar-refractivity contribution in [3.63, 3.8) is 0 Å². The number of hydrogen-bond donors (Lipinski definition) is 2. The minimum absolute atomic E-state index is 0.0466. The number of hydrazone groups is 1. The molecule has 1 fully saturated rings. The third kappa shape index (κ3) is 2.96. The number of amides is 2. The van der Waals surface area contributed by atoms with Gasteiger partial charge in [0.1, 0.15) is 0 Å². The molecule has 0 bridgehead atoms. The van der Waals surface area contributed by atoms with Gasteiger partial charge in [0, 0.05) is 24.4 Å².